The highest BCUT2D eigenvalue weighted by molar-refractivity contribution is 7.09. The first-order chi connectivity index (χ1) is 15.0. The molecule has 0 radical (unpaired) electrons. The van der Waals surface area contributed by atoms with Crippen molar-refractivity contribution in [2.75, 3.05) is 39.9 Å². The van der Waals surface area contributed by atoms with Crippen LogP contribution in [0.15, 0.2) is 17.5 Å². The van der Waals surface area contributed by atoms with Gasteiger partial charge in [-0.3, -0.25) is 19.4 Å². The van der Waals surface area contributed by atoms with Crippen LogP contribution in [-0.2, 0) is 20.9 Å². The van der Waals surface area contributed by atoms with Crippen LogP contribution < -0.4 is 5.32 Å². The lowest BCUT2D eigenvalue weighted by Crippen LogP contribution is -2.56. The zero-order valence-electron chi connectivity index (χ0n) is 18.4. The average molecular weight is 447 g/mol. The van der Waals surface area contributed by atoms with Gasteiger partial charge in [-0.15, -0.1) is 11.3 Å². The van der Waals surface area contributed by atoms with E-state index in [-0.39, 0.29) is 29.4 Å². The van der Waals surface area contributed by atoms with Crippen molar-refractivity contribution in [2.45, 2.75) is 68.7 Å². The summed E-state index contributed by atoms with van der Waals surface area (Å²) in [6, 6.07) is 4.69. The number of ether oxygens (including phenoxy) is 1. The smallest absolute Gasteiger partial charge is 0.243 e. The molecule has 0 aromatic carbocycles. The van der Waals surface area contributed by atoms with E-state index >= 15 is 0 Å². The Balaban J connectivity index is 1.21. The summed E-state index contributed by atoms with van der Waals surface area (Å²) in [5, 5.41) is 5.47. The third-order valence-electron chi connectivity index (χ3n) is 7.90. The number of hydrogen-bond donors (Lipinski definition) is 1. The minimum Gasteiger partial charge on any atom is -0.381 e. The molecular formula is C23H34N4O3S. The molecule has 2 atom stereocenters. The van der Waals surface area contributed by atoms with Crippen molar-refractivity contribution in [3.63, 3.8) is 0 Å². The van der Waals surface area contributed by atoms with Gasteiger partial charge in [-0.05, 0) is 50.6 Å². The largest absolute Gasteiger partial charge is 0.381 e. The number of likely N-dealkylation sites (N-methyl/N-ethyl adjacent to an activating group) is 1. The lowest BCUT2D eigenvalue weighted by Gasteiger charge is -2.41. The van der Waals surface area contributed by atoms with E-state index in [1.54, 1.807) is 11.3 Å². The zero-order valence-corrected chi connectivity index (χ0v) is 19.2. The van der Waals surface area contributed by atoms with Crippen LogP contribution in [0.25, 0.3) is 0 Å². The van der Waals surface area contributed by atoms with Crippen LogP contribution >= 0.6 is 11.3 Å². The molecule has 5 rings (SSSR count). The standard InChI is InChI=1S/C23H34N4O3S/c1-25(17-4-10-30-11-5-17)18-13-20-22(29)24-23(14-21(28)27(20)15-18)6-8-26(9-7-23)16-19-3-2-12-31-19/h2-3,12,17-18,20H,4-11,13-16H2,1H3,(H,24,29)/t18-,20-/m0/s1. The van der Waals surface area contributed by atoms with Crippen LogP contribution in [0.3, 0.4) is 0 Å². The molecule has 0 bridgehead atoms. The normalized spacial score (nSPS) is 29.9. The second-order valence-corrected chi connectivity index (χ2v) is 10.8. The number of hydrogen-bond acceptors (Lipinski definition) is 6. The number of rotatable bonds is 4. The maximum Gasteiger partial charge on any atom is 0.243 e. The van der Waals surface area contributed by atoms with Gasteiger partial charge in [-0.25, -0.2) is 0 Å². The van der Waals surface area contributed by atoms with E-state index < -0.39 is 0 Å². The molecule has 4 fully saturated rings. The van der Waals surface area contributed by atoms with Gasteiger partial charge < -0.3 is 15.0 Å². The second-order valence-electron chi connectivity index (χ2n) is 9.76. The summed E-state index contributed by atoms with van der Waals surface area (Å²) in [5.74, 6) is 0.207. The maximum absolute atomic E-state index is 13.3. The first-order valence-corrected chi connectivity index (χ1v) is 12.6. The molecule has 4 aliphatic heterocycles. The topological polar surface area (TPSA) is 65.1 Å². The van der Waals surface area contributed by atoms with Gasteiger partial charge in [-0.1, -0.05) is 6.07 Å². The number of likely N-dealkylation sites (tertiary alicyclic amines) is 1. The molecule has 1 N–H and O–H groups in total. The fourth-order valence-electron chi connectivity index (χ4n) is 5.87. The molecule has 2 amide bonds. The van der Waals surface area contributed by atoms with E-state index in [2.05, 4.69) is 39.7 Å². The summed E-state index contributed by atoms with van der Waals surface area (Å²) in [6.45, 7) is 5.09. The third kappa shape index (κ3) is 4.40. The minimum absolute atomic E-state index is 0.0560. The van der Waals surface area contributed by atoms with Crippen LogP contribution in [0.1, 0.15) is 43.4 Å². The number of thiophene rings is 1. The van der Waals surface area contributed by atoms with E-state index in [1.165, 1.54) is 4.88 Å². The molecule has 1 aromatic rings. The SMILES string of the molecule is CN(C1CCOCC1)[C@H]1C[C@H]2C(=O)NC3(CCN(Cc4cccs4)CC3)CC(=O)N2C1. The van der Waals surface area contributed by atoms with Crippen LogP contribution in [0.5, 0.6) is 0 Å². The molecule has 4 aliphatic rings. The summed E-state index contributed by atoms with van der Waals surface area (Å²) >= 11 is 1.79. The Kier molecular flexibility index (Phi) is 6.07. The van der Waals surface area contributed by atoms with Crippen molar-refractivity contribution in [3.8, 4) is 0 Å². The zero-order chi connectivity index (χ0) is 21.4. The van der Waals surface area contributed by atoms with Crippen LogP contribution in [0, 0.1) is 0 Å². The van der Waals surface area contributed by atoms with Crippen LogP contribution in [0.4, 0.5) is 0 Å². The van der Waals surface area contributed by atoms with E-state index in [0.29, 0.717) is 19.0 Å². The summed E-state index contributed by atoms with van der Waals surface area (Å²) in [5.41, 5.74) is -0.368. The molecular weight excluding hydrogens is 412 g/mol. The predicted molar refractivity (Wildman–Crippen MR) is 120 cm³/mol. The number of amides is 2. The maximum atomic E-state index is 13.3. The fraction of sp³-hybridized carbons (Fsp3) is 0.739. The van der Waals surface area contributed by atoms with Crippen molar-refractivity contribution in [1.29, 1.82) is 0 Å². The summed E-state index contributed by atoms with van der Waals surface area (Å²) in [6.07, 6.45) is 4.94. The number of piperidine rings is 1. The van der Waals surface area contributed by atoms with Gasteiger partial charge in [0, 0.05) is 56.4 Å². The molecule has 4 saturated heterocycles. The molecule has 170 valence electrons. The lowest BCUT2D eigenvalue weighted by atomic mass is 9.84. The Morgan fingerprint density at radius 1 is 1.23 bits per heavy atom. The Labute approximate surface area is 188 Å². The minimum atomic E-state index is -0.368. The first-order valence-electron chi connectivity index (χ1n) is 11.7. The molecule has 0 unspecified atom stereocenters. The van der Waals surface area contributed by atoms with E-state index in [0.717, 1.165) is 65.0 Å². The fourth-order valence-corrected chi connectivity index (χ4v) is 6.61. The monoisotopic (exact) mass is 446 g/mol. The van der Waals surface area contributed by atoms with Crippen molar-refractivity contribution in [1.82, 2.24) is 20.0 Å². The highest BCUT2D eigenvalue weighted by atomic mass is 32.1. The van der Waals surface area contributed by atoms with Gasteiger partial charge in [0.1, 0.15) is 6.04 Å². The molecule has 0 saturated carbocycles. The van der Waals surface area contributed by atoms with Crippen molar-refractivity contribution in [3.05, 3.63) is 22.4 Å². The lowest BCUT2D eigenvalue weighted by molar-refractivity contribution is -0.135. The quantitative estimate of drug-likeness (QED) is 0.763. The number of fused-ring (bicyclic) bond motifs is 1. The van der Waals surface area contributed by atoms with E-state index in [1.807, 2.05) is 4.90 Å². The molecule has 8 heteroatoms. The highest BCUT2D eigenvalue weighted by Crippen LogP contribution is 2.34. The third-order valence-corrected chi connectivity index (χ3v) is 8.76. The molecule has 1 spiro atoms. The second kappa shape index (κ2) is 8.81. The van der Waals surface area contributed by atoms with Crippen LogP contribution in [-0.4, -0.2) is 90.1 Å². The average Bonchev–Trinajstić information content (AvgIpc) is 3.44. The summed E-state index contributed by atoms with van der Waals surface area (Å²) in [4.78, 5) is 34.6. The number of carbonyl (C=O) groups is 2. The number of carbonyl (C=O) groups excluding carboxylic acids is 2. The Bertz CT molecular complexity index is 759. The Morgan fingerprint density at radius 2 is 2.00 bits per heavy atom. The van der Waals surface area contributed by atoms with Crippen molar-refractivity contribution < 1.29 is 14.3 Å². The first kappa shape index (κ1) is 21.4. The molecule has 0 aliphatic carbocycles. The van der Waals surface area contributed by atoms with E-state index in [9.17, 15) is 9.59 Å². The summed E-state index contributed by atoms with van der Waals surface area (Å²) < 4.78 is 5.50. The molecule has 1 aromatic heterocycles. The van der Waals surface area contributed by atoms with Gasteiger partial charge in [-0.2, -0.15) is 0 Å². The number of nitrogens with one attached hydrogen (secondary N) is 1. The highest BCUT2D eigenvalue weighted by Gasteiger charge is 2.49. The molecule has 7 nitrogen and oxygen atoms in total. The van der Waals surface area contributed by atoms with Crippen LogP contribution in [0.2, 0.25) is 0 Å². The summed E-state index contributed by atoms with van der Waals surface area (Å²) in [7, 11) is 2.15. The molecule has 5 heterocycles. The predicted octanol–water partition coefficient (Wildman–Crippen LogP) is 1.68. The number of nitrogens with zero attached hydrogens (tertiary/aromatic N) is 3. The van der Waals surface area contributed by atoms with Crippen molar-refractivity contribution in [2.24, 2.45) is 0 Å². The van der Waals surface area contributed by atoms with Crippen molar-refractivity contribution >= 4 is 23.2 Å². The Morgan fingerprint density at radius 3 is 2.71 bits per heavy atom. The van der Waals surface area contributed by atoms with Gasteiger partial charge in [0.05, 0.1) is 12.0 Å². The van der Waals surface area contributed by atoms with Gasteiger partial charge >= 0.3 is 0 Å². The van der Waals surface area contributed by atoms with Gasteiger partial charge in [0.25, 0.3) is 0 Å². The van der Waals surface area contributed by atoms with Gasteiger partial charge in [0.2, 0.25) is 11.8 Å². The molecule has 31 heavy (non-hydrogen) atoms. The van der Waals surface area contributed by atoms with E-state index in [4.69, 9.17) is 4.74 Å². The Hall–Kier alpha value is -1.48. The van der Waals surface area contributed by atoms with Gasteiger partial charge in [0.15, 0.2) is 0 Å².